The second kappa shape index (κ2) is 8.09. The highest BCUT2D eigenvalue weighted by molar-refractivity contribution is 5.32. The van der Waals surface area contributed by atoms with Gasteiger partial charge in [0.2, 0.25) is 0 Å². The number of ether oxygens (including phenoxy) is 3. The molecule has 0 fully saturated rings. The lowest BCUT2D eigenvalue weighted by Crippen LogP contribution is -2.41. The zero-order chi connectivity index (χ0) is 15.0. The fraction of sp³-hybridized carbons (Fsp3) is 0.600. The van der Waals surface area contributed by atoms with Crippen LogP contribution in [0.2, 0.25) is 0 Å². The molecule has 1 aromatic carbocycles. The molecule has 0 heterocycles. The zero-order valence-corrected chi connectivity index (χ0v) is 12.7. The topological polar surface area (TPSA) is 60.0 Å². The molecular formula is C15H25NO4. The van der Waals surface area contributed by atoms with E-state index in [1.807, 2.05) is 32.0 Å². The molecule has 0 saturated heterocycles. The molecule has 20 heavy (non-hydrogen) atoms. The molecule has 0 aliphatic heterocycles. The van der Waals surface area contributed by atoms with Crippen LogP contribution in [0, 0.1) is 0 Å². The van der Waals surface area contributed by atoms with Crippen LogP contribution < -0.4 is 14.8 Å². The van der Waals surface area contributed by atoms with Crippen molar-refractivity contribution in [1.29, 1.82) is 0 Å². The predicted octanol–water partition coefficient (Wildman–Crippen LogP) is 1.45. The maximum absolute atomic E-state index is 9.85. The molecule has 0 aliphatic carbocycles. The molecule has 0 spiro atoms. The SMILES string of the molecule is COc1cccc(OCC(O)CNCC(C)(C)OC)c1. The van der Waals surface area contributed by atoms with Crippen molar-refractivity contribution < 1.29 is 19.3 Å². The average Bonchev–Trinajstić information content (AvgIpc) is 2.45. The standard InChI is InChI=1S/C15H25NO4/c1-15(2,19-4)11-16-9-12(17)10-20-14-7-5-6-13(8-14)18-3/h5-8,12,16-17H,9-11H2,1-4H3. The van der Waals surface area contributed by atoms with Gasteiger partial charge in [-0.25, -0.2) is 0 Å². The van der Waals surface area contributed by atoms with Crippen molar-refractivity contribution in [1.82, 2.24) is 5.32 Å². The van der Waals surface area contributed by atoms with Crippen molar-refractivity contribution in [3.8, 4) is 11.5 Å². The molecule has 0 amide bonds. The predicted molar refractivity (Wildman–Crippen MR) is 78.5 cm³/mol. The molecule has 5 nitrogen and oxygen atoms in total. The normalized spacial score (nSPS) is 13.1. The first-order valence-electron chi connectivity index (χ1n) is 6.67. The molecule has 0 aliphatic rings. The number of hydrogen-bond acceptors (Lipinski definition) is 5. The van der Waals surface area contributed by atoms with Crippen molar-refractivity contribution in [3.05, 3.63) is 24.3 Å². The highest BCUT2D eigenvalue weighted by atomic mass is 16.5. The molecular weight excluding hydrogens is 258 g/mol. The molecule has 114 valence electrons. The van der Waals surface area contributed by atoms with Gasteiger partial charge < -0.3 is 24.6 Å². The number of methoxy groups -OCH3 is 2. The molecule has 5 heteroatoms. The van der Waals surface area contributed by atoms with Crippen molar-refractivity contribution in [2.75, 3.05) is 33.9 Å². The quantitative estimate of drug-likeness (QED) is 0.718. The van der Waals surface area contributed by atoms with Crippen molar-refractivity contribution in [2.24, 2.45) is 0 Å². The van der Waals surface area contributed by atoms with Gasteiger partial charge in [-0.3, -0.25) is 0 Å². The highest BCUT2D eigenvalue weighted by Gasteiger charge is 2.16. The van der Waals surface area contributed by atoms with Crippen LogP contribution in [0.5, 0.6) is 11.5 Å². The fourth-order valence-corrected chi connectivity index (χ4v) is 1.55. The summed E-state index contributed by atoms with van der Waals surface area (Å²) in [6.45, 7) is 5.32. The minimum absolute atomic E-state index is 0.230. The summed E-state index contributed by atoms with van der Waals surface area (Å²) in [4.78, 5) is 0. The maximum atomic E-state index is 9.85. The molecule has 0 saturated carbocycles. The lowest BCUT2D eigenvalue weighted by atomic mass is 10.1. The second-order valence-electron chi connectivity index (χ2n) is 5.24. The van der Waals surface area contributed by atoms with E-state index in [0.29, 0.717) is 18.8 Å². The minimum Gasteiger partial charge on any atom is -0.497 e. The Bertz CT molecular complexity index is 395. The lowest BCUT2D eigenvalue weighted by Gasteiger charge is -2.24. The van der Waals surface area contributed by atoms with E-state index in [2.05, 4.69) is 5.32 Å². The van der Waals surface area contributed by atoms with Crippen LogP contribution in [0.3, 0.4) is 0 Å². The van der Waals surface area contributed by atoms with E-state index < -0.39 is 6.10 Å². The van der Waals surface area contributed by atoms with Gasteiger partial charge in [-0.05, 0) is 26.0 Å². The van der Waals surface area contributed by atoms with Crippen molar-refractivity contribution >= 4 is 0 Å². The van der Waals surface area contributed by atoms with Gasteiger partial charge in [0.1, 0.15) is 24.2 Å². The number of nitrogens with one attached hydrogen (secondary N) is 1. The van der Waals surface area contributed by atoms with Crippen LogP contribution in [0.1, 0.15) is 13.8 Å². The van der Waals surface area contributed by atoms with E-state index in [0.717, 1.165) is 5.75 Å². The number of aliphatic hydroxyl groups is 1. The number of rotatable bonds is 9. The van der Waals surface area contributed by atoms with E-state index >= 15 is 0 Å². The van der Waals surface area contributed by atoms with Gasteiger partial charge in [-0.2, -0.15) is 0 Å². The monoisotopic (exact) mass is 283 g/mol. The summed E-state index contributed by atoms with van der Waals surface area (Å²) in [5.41, 5.74) is -0.243. The third kappa shape index (κ3) is 6.23. The largest absolute Gasteiger partial charge is 0.497 e. The Balaban J connectivity index is 2.27. The van der Waals surface area contributed by atoms with Crippen LogP contribution in [0.25, 0.3) is 0 Å². The van der Waals surface area contributed by atoms with E-state index in [1.165, 1.54) is 0 Å². The Kier molecular flexibility index (Phi) is 6.78. The van der Waals surface area contributed by atoms with E-state index in [-0.39, 0.29) is 12.2 Å². The molecule has 0 aromatic heterocycles. The molecule has 1 atom stereocenters. The first-order valence-corrected chi connectivity index (χ1v) is 6.67. The molecule has 1 rings (SSSR count). The van der Waals surface area contributed by atoms with E-state index in [9.17, 15) is 5.11 Å². The Morgan fingerprint density at radius 2 is 1.95 bits per heavy atom. The zero-order valence-electron chi connectivity index (χ0n) is 12.7. The summed E-state index contributed by atoms with van der Waals surface area (Å²) in [5, 5.41) is 13.0. The fourth-order valence-electron chi connectivity index (χ4n) is 1.55. The Labute approximate surface area is 120 Å². The van der Waals surface area contributed by atoms with E-state index in [4.69, 9.17) is 14.2 Å². The van der Waals surface area contributed by atoms with Gasteiger partial charge in [0.25, 0.3) is 0 Å². The summed E-state index contributed by atoms with van der Waals surface area (Å²) in [6, 6.07) is 7.31. The molecule has 1 unspecified atom stereocenters. The summed E-state index contributed by atoms with van der Waals surface area (Å²) in [7, 11) is 3.28. The van der Waals surface area contributed by atoms with E-state index in [1.54, 1.807) is 20.3 Å². The molecule has 2 N–H and O–H groups in total. The van der Waals surface area contributed by atoms with Gasteiger partial charge in [0.05, 0.1) is 12.7 Å². The van der Waals surface area contributed by atoms with Crippen molar-refractivity contribution in [2.45, 2.75) is 25.6 Å². The first kappa shape index (κ1) is 16.8. The summed E-state index contributed by atoms with van der Waals surface area (Å²) in [5.74, 6) is 1.41. The number of aliphatic hydroxyl groups excluding tert-OH is 1. The molecule has 0 radical (unpaired) electrons. The lowest BCUT2D eigenvalue weighted by molar-refractivity contribution is 0.0191. The third-order valence-corrected chi connectivity index (χ3v) is 2.97. The smallest absolute Gasteiger partial charge is 0.123 e. The Morgan fingerprint density at radius 1 is 1.25 bits per heavy atom. The van der Waals surface area contributed by atoms with Gasteiger partial charge in [0.15, 0.2) is 0 Å². The summed E-state index contributed by atoms with van der Waals surface area (Å²) < 4.78 is 15.9. The first-order chi connectivity index (χ1) is 9.46. The molecule has 0 bridgehead atoms. The van der Waals surface area contributed by atoms with Gasteiger partial charge >= 0.3 is 0 Å². The summed E-state index contributed by atoms with van der Waals surface area (Å²) in [6.07, 6.45) is -0.575. The number of hydrogen-bond donors (Lipinski definition) is 2. The Morgan fingerprint density at radius 3 is 2.60 bits per heavy atom. The number of benzene rings is 1. The second-order valence-corrected chi connectivity index (χ2v) is 5.24. The van der Waals surface area contributed by atoms with Gasteiger partial charge in [0, 0.05) is 26.3 Å². The van der Waals surface area contributed by atoms with Gasteiger partial charge in [-0.15, -0.1) is 0 Å². The minimum atomic E-state index is -0.575. The van der Waals surface area contributed by atoms with Crippen LogP contribution in [0.15, 0.2) is 24.3 Å². The van der Waals surface area contributed by atoms with Crippen LogP contribution >= 0.6 is 0 Å². The third-order valence-electron chi connectivity index (χ3n) is 2.97. The van der Waals surface area contributed by atoms with Crippen molar-refractivity contribution in [3.63, 3.8) is 0 Å². The average molecular weight is 283 g/mol. The van der Waals surface area contributed by atoms with Crippen LogP contribution in [0.4, 0.5) is 0 Å². The van der Waals surface area contributed by atoms with Gasteiger partial charge in [-0.1, -0.05) is 6.07 Å². The summed E-state index contributed by atoms with van der Waals surface area (Å²) >= 11 is 0. The van der Waals surface area contributed by atoms with Crippen LogP contribution in [-0.4, -0.2) is 50.7 Å². The molecule has 1 aromatic rings. The Hall–Kier alpha value is -1.30. The maximum Gasteiger partial charge on any atom is 0.123 e. The van der Waals surface area contributed by atoms with Crippen LogP contribution in [-0.2, 0) is 4.74 Å². The highest BCUT2D eigenvalue weighted by Crippen LogP contribution is 2.18.